The molecule has 0 unspecified atom stereocenters. The van der Waals surface area contributed by atoms with E-state index in [1.165, 1.54) is 77.5 Å². The molecule has 0 radical (unpaired) electrons. The Hall–Kier alpha value is -7.00. The summed E-state index contributed by atoms with van der Waals surface area (Å²) >= 11 is 40.6. The van der Waals surface area contributed by atoms with Gasteiger partial charge >= 0.3 is 29.6 Å². The number of hydrogen-bond donors (Lipinski definition) is 3. The van der Waals surface area contributed by atoms with E-state index in [2.05, 4.69) is 243 Å². The van der Waals surface area contributed by atoms with E-state index in [4.69, 9.17) is 45.0 Å². The smallest absolute Gasteiger partial charge is 1.00 e. The van der Waals surface area contributed by atoms with Crippen molar-refractivity contribution in [2.75, 3.05) is 17.4 Å². The van der Waals surface area contributed by atoms with E-state index in [1.54, 1.807) is 35.3 Å². The monoisotopic (exact) mass is 1700 g/mol. The quantitative estimate of drug-likeness (QED) is 0.0682. The molecule has 2 aliphatic rings. The number of alkyl halides is 1. The summed E-state index contributed by atoms with van der Waals surface area (Å²) < 4.78 is 53.4. The van der Waals surface area contributed by atoms with Crippen LogP contribution in [0.3, 0.4) is 0 Å². The summed E-state index contributed by atoms with van der Waals surface area (Å²) in [5, 5.41) is 17.1. The van der Waals surface area contributed by atoms with E-state index in [1.807, 2.05) is 115 Å². The Balaban J connectivity index is 0.000000154. The molecule has 0 aliphatic carbocycles. The molecule has 0 amide bonds. The van der Waals surface area contributed by atoms with Gasteiger partial charge in [-0.3, -0.25) is 4.39 Å². The minimum atomic E-state index is -1.00. The van der Waals surface area contributed by atoms with Gasteiger partial charge in [0.15, 0.2) is 11.6 Å². The van der Waals surface area contributed by atoms with Gasteiger partial charge in [0.05, 0.1) is 23.6 Å². The summed E-state index contributed by atoms with van der Waals surface area (Å²) in [5.41, 5.74) is 8.97. The van der Waals surface area contributed by atoms with Gasteiger partial charge in [0, 0.05) is 108 Å². The van der Waals surface area contributed by atoms with Crippen molar-refractivity contribution >= 4 is 244 Å². The number of fused-ring (bicyclic) bond motifs is 13. The van der Waals surface area contributed by atoms with Crippen molar-refractivity contribution in [1.29, 1.82) is 0 Å². The first-order valence-electron chi connectivity index (χ1n) is 32.5. The first kappa shape index (κ1) is 78.6. The summed E-state index contributed by atoms with van der Waals surface area (Å²) in [6.45, 7) is 0. The number of para-hydroxylation sites is 4. The topological polar surface area (TPSA) is 41.6 Å². The van der Waals surface area contributed by atoms with Gasteiger partial charge in [-0.05, 0) is 210 Å². The molecule has 526 valence electrons. The zero-order valence-electron chi connectivity index (χ0n) is 56.7. The van der Waals surface area contributed by atoms with Crippen molar-refractivity contribution in [1.82, 2.24) is 0 Å². The second-order valence-electron chi connectivity index (χ2n) is 23.3. The maximum absolute atomic E-state index is 12.4. The first-order valence-corrected chi connectivity index (χ1v) is 38.7. The Morgan fingerprint density at radius 3 is 1.31 bits per heavy atom. The number of anilines is 5. The van der Waals surface area contributed by atoms with Gasteiger partial charge in [-0.15, -0.1) is 25.3 Å². The van der Waals surface area contributed by atoms with Gasteiger partial charge in [-0.2, -0.15) is 0 Å². The largest absolute Gasteiger partial charge is 1.00 e. The molecule has 2 aliphatic heterocycles. The molecule has 15 aromatic carbocycles. The van der Waals surface area contributed by atoms with Crippen LogP contribution in [0, 0.1) is 11.6 Å². The first-order chi connectivity index (χ1) is 50.6. The fourth-order valence-corrected chi connectivity index (χ4v) is 19.4. The molecule has 4 nitrogen and oxygen atoms in total. The molecule has 106 heavy (non-hydrogen) atoms. The number of furan rings is 2. The molecule has 1 N–H and O–H groups in total. The third-order valence-corrected chi connectivity index (χ3v) is 24.7. The van der Waals surface area contributed by atoms with Crippen LogP contribution in [0.1, 0.15) is 17.7 Å². The number of benzene rings is 15. The average molecular weight is 1710 g/mol. The average Bonchev–Trinajstić information content (AvgIpc) is 0.831. The maximum atomic E-state index is 12.4. The van der Waals surface area contributed by atoms with Gasteiger partial charge < -0.3 is 20.5 Å². The van der Waals surface area contributed by atoms with Crippen molar-refractivity contribution < 1.29 is 54.4 Å². The van der Waals surface area contributed by atoms with Crippen LogP contribution in [0.4, 0.5) is 41.6 Å². The van der Waals surface area contributed by atoms with Crippen LogP contribution in [0.15, 0.2) is 358 Å². The molecule has 17 aromatic rings. The standard InChI is InChI=1S/C34H20ClNOS2.C18H13NO.C16H8BrClS2.C10H8S2.C6H2BrClF2.CH3F.2CH4.Na.H/c35-23-18-28(34-33(19-23)38-31-16-21-8-4-5-9-22(21)17-32(31)39-34)36(24-10-2-1-3-11-24)25-14-15-30-27(20-25)26-12-6-7-13-29(26)37-30;1-2-6-13(7-3-1)19-14-10-11-18-16(12-14)15-8-4-5-9-17(15)20-18;17-12-7-11(18)8-15-16(12)20-14-6-10-4-2-1-3-9(10)5-13(14)19-15;11-9-5-7-3-1-2-4-8(7)6-10(9)12;7-4-1-3(8)2-5(9)6(4)10;1-2;;;;/h1-20H;1-12,19H;1-8H;1-6,11-12H;1-2H;1H3;2*1H4;;/q;;;;;;;;+1;-1/i;;;;;1D;;;;. The van der Waals surface area contributed by atoms with Crippen LogP contribution >= 0.6 is 139 Å². The van der Waals surface area contributed by atoms with Crippen LogP contribution in [-0.2, 0) is 0 Å². The second-order valence-corrected chi connectivity index (χ2v) is 31.5. The van der Waals surface area contributed by atoms with E-state index in [-0.39, 0.29) is 55.3 Å². The normalized spacial score (nSPS) is 11.5. The molecule has 19 heteroatoms. The van der Waals surface area contributed by atoms with E-state index >= 15 is 0 Å². The zero-order valence-corrected chi connectivity index (χ0v) is 67.2. The Labute approximate surface area is 698 Å². The molecule has 0 fully saturated rings. The third kappa shape index (κ3) is 18.1. The van der Waals surface area contributed by atoms with Crippen molar-refractivity contribution in [3.63, 3.8) is 0 Å². The number of thiol groups is 2. The van der Waals surface area contributed by atoms with E-state index in [0.29, 0.717) is 0 Å². The van der Waals surface area contributed by atoms with Gasteiger partial charge in [-0.1, -0.05) is 242 Å². The molecular formula is C87H63Br2Cl3F3N2NaO2S6. The third-order valence-electron chi connectivity index (χ3n) is 16.6. The van der Waals surface area contributed by atoms with Gasteiger partial charge in [0.1, 0.15) is 22.3 Å². The van der Waals surface area contributed by atoms with E-state index < -0.39 is 18.8 Å². The molecule has 0 saturated heterocycles. The molecule has 0 bridgehead atoms. The Bertz CT molecular complexity index is 6000. The fraction of sp³-hybridized carbons (Fsp3) is 0.0345. The fourth-order valence-electron chi connectivity index (χ4n) is 11.9. The van der Waals surface area contributed by atoms with Gasteiger partial charge in [-0.25, -0.2) is 8.78 Å². The second kappa shape index (κ2) is 36.5. The van der Waals surface area contributed by atoms with E-state index in [0.717, 1.165) is 103 Å². The maximum Gasteiger partial charge on any atom is 1.00 e. The predicted molar refractivity (Wildman–Crippen MR) is 460 cm³/mol. The molecule has 19 rings (SSSR count). The zero-order chi connectivity index (χ0) is 72.0. The van der Waals surface area contributed by atoms with Crippen LogP contribution in [-0.4, -0.2) is 7.15 Å². The predicted octanol–water partition coefficient (Wildman–Crippen LogP) is 29.5. The molecule has 0 saturated carbocycles. The van der Waals surface area contributed by atoms with Crippen LogP contribution in [0.25, 0.3) is 76.2 Å². The Morgan fingerprint density at radius 2 is 0.792 bits per heavy atom. The summed E-state index contributed by atoms with van der Waals surface area (Å²) in [5.74, 6) is -1.86. The van der Waals surface area contributed by atoms with Crippen molar-refractivity contribution in [2.45, 2.75) is 63.8 Å². The number of rotatable bonds is 5. The van der Waals surface area contributed by atoms with Crippen molar-refractivity contribution in [2.24, 2.45) is 0 Å². The molecular weight excluding hydrogens is 1640 g/mol. The van der Waals surface area contributed by atoms with Gasteiger partial charge in [0.25, 0.3) is 0 Å². The number of halogens is 8. The van der Waals surface area contributed by atoms with Crippen LogP contribution in [0.5, 0.6) is 0 Å². The summed E-state index contributed by atoms with van der Waals surface area (Å²) in [4.78, 5) is 14.1. The summed E-state index contributed by atoms with van der Waals surface area (Å²) in [7, 11) is -1.00. The number of nitrogens with zero attached hydrogens (tertiary/aromatic N) is 1. The Morgan fingerprint density at radius 1 is 0.396 bits per heavy atom. The van der Waals surface area contributed by atoms with Crippen molar-refractivity contribution in [3.05, 3.63) is 327 Å². The van der Waals surface area contributed by atoms with Crippen LogP contribution in [0.2, 0.25) is 15.1 Å². The van der Waals surface area contributed by atoms with E-state index in [9.17, 15) is 13.2 Å². The molecule has 0 atom stereocenters. The van der Waals surface area contributed by atoms with Crippen molar-refractivity contribution in [3.8, 4) is 0 Å². The molecule has 4 heterocycles. The summed E-state index contributed by atoms with van der Waals surface area (Å²) in [6, 6.07) is 98.4. The number of hydrogen-bond acceptors (Lipinski definition) is 10. The molecule has 2 aromatic heterocycles. The Kier molecular flexibility index (Phi) is 27.0. The number of nitrogens with one attached hydrogen (secondary N) is 1. The minimum absolute atomic E-state index is 0. The molecule has 0 spiro atoms. The van der Waals surface area contributed by atoms with Gasteiger partial charge in [0.2, 0.25) is 0 Å². The SMILES string of the molecule is C.C.Clc1cc(Br)c2c(c1)Sc1cc3ccccc3cc1S2.Clc1cc2c(c(N(c3ccccc3)c3ccc4oc5ccccc5c4c3)c1)Sc1cc3ccccc3cc1S2.Fc1cc(Cl)cc(Br)c1F.Sc1cc2ccccc2cc1S.[2H]CF.[H-].[Na+].c1ccc(Nc2ccc3oc4ccccc4c3c2)cc1. The summed E-state index contributed by atoms with van der Waals surface area (Å²) in [6.07, 6.45) is 0. The minimum Gasteiger partial charge on any atom is -1.00 e. The van der Waals surface area contributed by atoms with Crippen LogP contribution < -0.4 is 39.8 Å².